The number of likely N-dealkylation sites (tertiary alicyclic amines) is 2. The zero-order chi connectivity index (χ0) is 19.9. The molecule has 0 aliphatic carbocycles. The summed E-state index contributed by atoms with van der Waals surface area (Å²) in [5, 5.41) is 10.8. The lowest BCUT2D eigenvalue weighted by Crippen LogP contribution is -2.48. The van der Waals surface area contributed by atoms with E-state index in [1.165, 1.54) is 12.8 Å². The minimum Gasteiger partial charge on any atom is -0.375 e. The van der Waals surface area contributed by atoms with Crippen molar-refractivity contribution in [1.82, 2.24) is 9.80 Å². The summed E-state index contributed by atoms with van der Waals surface area (Å²) in [7, 11) is 1.58. The lowest BCUT2D eigenvalue weighted by molar-refractivity contribution is -0.384. The fraction of sp³-hybridized carbons (Fsp3) is 0.667. The minimum atomic E-state index is -0.362. The molecule has 0 spiro atoms. The van der Waals surface area contributed by atoms with Gasteiger partial charge in [-0.05, 0) is 50.3 Å². The van der Waals surface area contributed by atoms with Crippen LogP contribution >= 0.6 is 0 Å². The Kier molecular flexibility index (Phi) is 7.39. The van der Waals surface area contributed by atoms with Crippen molar-refractivity contribution in [2.24, 2.45) is 5.92 Å². The lowest BCUT2D eigenvalue weighted by Gasteiger charge is -2.40. The highest BCUT2D eigenvalue weighted by molar-refractivity contribution is 5.77. The number of ether oxygens (including phenoxy) is 1. The largest absolute Gasteiger partial charge is 0.375 e. The maximum atomic E-state index is 12.5. The predicted octanol–water partition coefficient (Wildman–Crippen LogP) is 3.22. The first-order chi connectivity index (χ1) is 13.6. The van der Waals surface area contributed by atoms with Gasteiger partial charge in [-0.1, -0.05) is 25.0 Å². The molecule has 0 N–H and O–H groups in total. The van der Waals surface area contributed by atoms with Gasteiger partial charge in [-0.2, -0.15) is 0 Å². The molecule has 154 valence electrons. The third-order valence-electron chi connectivity index (χ3n) is 6.12. The number of methoxy groups -OCH3 is 1. The summed E-state index contributed by atoms with van der Waals surface area (Å²) in [6.07, 6.45) is 6.77. The first kappa shape index (κ1) is 20.7. The molecule has 1 aromatic rings. The Morgan fingerprint density at radius 3 is 2.46 bits per heavy atom. The van der Waals surface area contributed by atoms with Crippen LogP contribution in [0.15, 0.2) is 24.3 Å². The number of nitro groups is 1. The van der Waals surface area contributed by atoms with Gasteiger partial charge in [-0.3, -0.25) is 19.8 Å². The van der Waals surface area contributed by atoms with Crippen molar-refractivity contribution in [3.63, 3.8) is 0 Å². The third kappa shape index (κ3) is 5.29. The predicted molar refractivity (Wildman–Crippen MR) is 107 cm³/mol. The van der Waals surface area contributed by atoms with Crippen LogP contribution in [0, 0.1) is 16.0 Å². The summed E-state index contributed by atoms with van der Waals surface area (Å²) >= 11 is 0. The number of carbonyl (C=O) groups is 1. The molecule has 7 heteroatoms. The second kappa shape index (κ2) is 9.98. The molecule has 2 heterocycles. The minimum absolute atomic E-state index is 0.128. The Bertz CT molecular complexity index is 656. The fourth-order valence-electron chi connectivity index (χ4n) is 4.62. The van der Waals surface area contributed by atoms with Crippen LogP contribution in [0.5, 0.6) is 0 Å². The van der Waals surface area contributed by atoms with E-state index >= 15 is 0 Å². The molecule has 0 radical (unpaired) electrons. The number of non-ortho nitro benzene ring substituents is 1. The average Bonchev–Trinajstić information content (AvgIpc) is 2.95. The van der Waals surface area contributed by atoms with Crippen molar-refractivity contribution >= 4 is 11.6 Å². The zero-order valence-corrected chi connectivity index (χ0v) is 16.7. The molecular formula is C21H31N3O4. The van der Waals surface area contributed by atoms with E-state index in [9.17, 15) is 14.9 Å². The van der Waals surface area contributed by atoms with Crippen LogP contribution in [0.25, 0.3) is 0 Å². The highest BCUT2D eigenvalue weighted by Gasteiger charge is 2.33. The van der Waals surface area contributed by atoms with E-state index in [4.69, 9.17) is 4.74 Å². The number of piperidine rings is 1. The molecule has 1 amide bonds. The Morgan fingerprint density at radius 2 is 1.82 bits per heavy atom. The molecule has 2 fully saturated rings. The van der Waals surface area contributed by atoms with E-state index < -0.39 is 0 Å². The maximum absolute atomic E-state index is 12.5. The van der Waals surface area contributed by atoms with Crippen molar-refractivity contribution in [3.8, 4) is 0 Å². The van der Waals surface area contributed by atoms with Crippen LogP contribution in [0.4, 0.5) is 5.69 Å². The standard InChI is InChI=1S/C21H31N3O4/c1-28-16-21(25)23-12-4-2-3-5-20(23)18-10-13-22(14-11-18)15-17-6-8-19(9-7-17)24(26)27/h6-9,18,20H,2-5,10-16H2,1H3. The summed E-state index contributed by atoms with van der Waals surface area (Å²) in [4.78, 5) is 27.5. The van der Waals surface area contributed by atoms with Gasteiger partial charge < -0.3 is 9.64 Å². The average molecular weight is 389 g/mol. The second-order valence-corrected chi connectivity index (χ2v) is 7.97. The number of carbonyl (C=O) groups excluding carboxylic acids is 1. The zero-order valence-electron chi connectivity index (χ0n) is 16.7. The molecule has 1 aromatic carbocycles. The number of nitrogens with zero attached hydrogens (tertiary/aromatic N) is 3. The highest BCUT2D eigenvalue weighted by atomic mass is 16.6. The molecule has 2 aliphatic rings. The molecule has 1 unspecified atom stereocenters. The number of hydrogen-bond acceptors (Lipinski definition) is 5. The van der Waals surface area contributed by atoms with E-state index in [0.29, 0.717) is 12.0 Å². The van der Waals surface area contributed by atoms with Crippen LogP contribution in [-0.4, -0.2) is 60.0 Å². The molecule has 2 aliphatic heterocycles. The molecule has 3 rings (SSSR count). The van der Waals surface area contributed by atoms with E-state index in [1.54, 1.807) is 19.2 Å². The van der Waals surface area contributed by atoms with Crippen molar-refractivity contribution in [2.75, 3.05) is 33.4 Å². The monoisotopic (exact) mass is 389 g/mol. The number of benzene rings is 1. The number of hydrogen-bond donors (Lipinski definition) is 0. The number of nitro benzene ring substituents is 1. The van der Waals surface area contributed by atoms with E-state index in [1.807, 2.05) is 12.1 Å². The summed E-state index contributed by atoms with van der Waals surface area (Å²) < 4.78 is 5.10. The van der Waals surface area contributed by atoms with Crippen LogP contribution in [-0.2, 0) is 16.1 Å². The first-order valence-electron chi connectivity index (χ1n) is 10.3. The number of rotatable bonds is 6. The highest BCUT2D eigenvalue weighted by Crippen LogP contribution is 2.30. The van der Waals surface area contributed by atoms with E-state index in [0.717, 1.165) is 57.4 Å². The number of amides is 1. The molecule has 1 atom stereocenters. The molecule has 7 nitrogen and oxygen atoms in total. The fourth-order valence-corrected chi connectivity index (χ4v) is 4.62. The summed E-state index contributed by atoms with van der Waals surface area (Å²) in [6.45, 7) is 3.86. The van der Waals surface area contributed by atoms with Gasteiger partial charge in [0.15, 0.2) is 0 Å². The Balaban J connectivity index is 1.55. The molecular weight excluding hydrogens is 358 g/mol. The Morgan fingerprint density at radius 1 is 1.11 bits per heavy atom. The van der Waals surface area contributed by atoms with Crippen LogP contribution in [0.1, 0.15) is 44.1 Å². The van der Waals surface area contributed by atoms with Crippen molar-refractivity contribution < 1.29 is 14.5 Å². The molecule has 2 saturated heterocycles. The van der Waals surface area contributed by atoms with Gasteiger partial charge in [0.2, 0.25) is 5.91 Å². The van der Waals surface area contributed by atoms with Gasteiger partial charge >= 0.3 is 0 Å². The summed E-state index contributed by atoms with van der Waals surface area (Å²) in [5.74, 6) is 0.676. The van der Waals surface area contributed by atoms with Gasteiger partial charge in [0, 0.05) is 38.4 Å². The van der Waals surface area contributed by atoms with Gasteiger partial charge in [0.05, 0.1) is 4.92 Å². The van der Waals surface area contributed by atoms with Crippen molar-refractivity contribution in [1.29, 1.82) is 0 Å². The third-order valence-corrected chi connectivity index (χ3v) is 6.12. The van der Waals surface area contributed by atoms with Crippen LogP contribution in [0.3, 0.4) is 0 Å². The normalized spacial score (nSPS) is 22.0. The summed E-state index contributed by atoms with van der Waals surface area (Å²) in [6, 6.07) is 7.19. The van der Waals surface area contributed by atoms with Crippen LogP contribution in [0.2, 0.25) is 0 Å². The van der Waals surface area contributed by atoms with Gasteiger partial charge in [0.25, 0.3) is 5.69 Å². The Labute approximate surface area is 166 Å². The quantitative estimate of drug-likeness (QED) is 0.551. The Hall–Kier alpha value is -1.99. The van der Waals surface area contributed by atoms with E-state index in [-0.39, 0.29) is 23.1 Å². The molecule has 0 aromatic heterocycles. The van der Waals surface area contributed by atoms with Crippen molar-refractivity contribution in [3.05, 3.63) is 39.9 Å². The van der Waals surface area contributed by atoms with Crippen molar-refractivity contribution in [2.45, 2.75) is 51.1 Å². The summed E-state index contributed by atoms with van der Waals surface area (Å²) in [5.41, 5.74) is 1.24. The second-order valence-electron chi connectivity index (χ2n) is 7.97. The van der Waals surface area contributed by atoms with Gasteiger partial charge in [-0.25, -0.2) is 0 Å². The van der Waals surface area contributed by atoms with Crippen LogP contribution < -0.4 is 0 Å². The lowest BCUT2D eigenvalue weighted by atomic mass is 9.86. The van der Waals surface area contributed by atoms with E-state index in [2.05, 4.69) is 9.80 Å². The first-order valence-corrected chi connectivity index (χ1v) is 10.3. The smallest absolute Gasteiger partial charge is 0.269 e. The molecule has 28 heavy (non-hydrogen) atoms. The van der Waals surface area contributed by atoms with Gasteiger partial charge in [-0.15, -0.1) is 0 Å². The molecule has 0 saturated carbocycles. The maximum Gasteiger partial charge on any atom is 0.269 e. The molecule has 0 bridgehead atoms. The topological polar surface area (TPSA) is 75.9 Å². The van der Waals surface area contributed by atoms with Gasteiger partial charge in [0.1, 0.15) is 6.61 Å². The SMILES string of the molecule is COCC(=O)N1CCCCCC1C1CCN(Cc2ccc([N+](=O)[O-])cc2)CC1.